The summed E-state index contributed by atoms with van der Waals surface area (Å²) in [5, 5.41) is 27.7. The maximum atomic E-state index is 12.6. The zero-order valence-corrected chi connectivity index (χ0v) is 33.2. The quantitative estimate of drug-likeness (QED) is 0.278. The van der Waals surface area contributed by atoms with E-state index in [2.05, 4.69) is 94.5 Å². The first-order valence-electron chi connectivity index (χ1n) is 16.0. The van der Waals surface area contributed by atoms with Crippen molar-refractivity contribution < 1.29 is 54.8 Å². The van der Waals surface area contributed by atoms with Crippen LogP contribution < -0.4 is 40.2 Å². The minimum absolute atomic E-state index is 0. The van der Waals surface area contributed by atoms with Crippen LogP contribution in [0.3, 0.4) is 0 Å². The second-order valence-corrected chi connectivity index (χ2v) is 14.8. The molecule has 2 fully saturated rings. The Morgan fingerprint density at radius 1 is 0.652 bits per heavy atom. The van der Waals surface area contributed by atoms with E-state index in [1.54, 1.807) is 0 Å². The molecule has 0 radical (unpaired) electrons. The van der Waals surface area contributed by atoms with Crippen molar-refractivity contribution in [3.8, 4) is 0 Å². The number of halogens is 2. The van der Waals surface area contributed by atoms with Crippen LogP contribution in [0.15, 0.2) is 44.7 Å². The van der Waals surface area contributed by atoms with Crippen molar-refractivity contribution in [3.05, 3.63) is 78.1 Å². The fourth-order valence-corrected chi connectivity index (χ4v) is 8.14. The Labute approximate surface area is 311 Å². The number of nitrogens with one attached hydrogen (secondary N) is 2. The minimum Gasteiger partial charge on any atom is -0.870 e. The Morgan fingerprint density at radius 2 is 0.913 bits per heavy atom. The van der Waals surface area contributed by atoms with Crippen LogP contribution in [0.4, 0.5) is 0 Å². The third-order valence-corrected chi connectivity index (χ3v) is 10.9. The molecular formula is C36H45Br2N2NaO5. The molecule has 0 aromatic heterocycles. The number of amides is 2. The number of aliphatic hydroxyl groups is 2. The van der Waals surface area contributed by atoms with E-state index in [1.807, 2.05) is 13.8 Å². The van der Waals surface area contributed by atoms with E-state index in [1.165, 1.54) is 0 Å². The van der Waals surface area contributed by atoms with Gasteiger partial charge in [-0.05, 0) is 135 Å². The van der Waals surface area contributed by atoms with Gasteiger partial charge < -0.3 is 26.3 Å². The van der Waals surface area contributed by atoms with Crippen LogP contribution in [0.5, 0.6) is 0 Å². The molecule has 0 spiro atoms. The molecule has 4 aliphatic rings. The topological polar surface area (TPSA) is 129 Å². The SMILES string of the molecule is CCc1cc(Br)cc(CC)c1C1=C(O)C(C)(C2CC2)NC1=O.CCc1cc(Br)cc(CC)c1C1=C(O)C(C)(C2CC2)NC1=O.[Na+].[OH-]. The summed E-state index contributed by atoms with van der Waals surface area (Å²) in [4.78, 5) is 25.2. The first-order chi connectivity index (χ1) is 20.8. The summed E-state index contributed by atoms with van der Waals surface area (Å²) in [6, 6.07) is 8.20. The van der Waals surface area contributed by atoms with Gasteiger partial charge in [0.25, 0.3) is 11.8 Å². The Bertz CT molecular complexity index is 1430. The van der Waals surface area contributed by atoms with Crippen molar-refractivity contribution in [2.24, 2.45) is 11.8 Å². The molecule has 2 aromatic rings. The predicted octanol–water partition coefficient (Wildman–Crippen LogP) is 5.11. The van der Waals surface area contributed by atoms with Gasteiger partial charge >= 0.3 is 29.6 Å². The number of carbonyl (C=O) groups is 2. The van der Waals surface area contributed by atoms with Crippen molar-refractivity contribution in [3.63, 3.8) is 0 Å². The number of hydrogen-bond acceptors (Lipinski definition) is 5. The molecule has 2 aliphatic heterocycles. The van der Waals surface area contributed by atoms with E-state index in [4.69, 9.17) is 0 Å². The van der Waals surface area contributed by atoms with Gasteiger partial charge in [0.05, 0.1) is 22.2 Å². The van der Waals surface area contributed by atoms with Crippen LogP contribution in [-0.4, -0.2) is 38.6 Å². The molecule has 2 saturated carbocycles. The van der Waals surface area contributed by atoms with Gasteiger partial charge in [-0.1, -0.05) is 59.6 Å². The zero-order chi connectivity index (χ0) is 32.1. The third kappa shape index (κ3) is 6.92. The predicted molar refractivity (Wildman–Crippen MR) is 185 cm³/mol. The third-order valence-electron chi connectivity index (χ3n) is 10.0. The molecule has 2 aliphatic carbocycles. The normalized spacial score (nSPS) is 23.7. The molecule has 2 atom stereocenters. The van der Waals surface area contributed by atoms with E-state index in [0.29, 0.717) is 23.0 Å². The summed E-state index contributed by atoms with van der Waals surface area (Å²) in [5.41, 5.74) is 6.04. The summed E-state index contributed by atoms with van der Waals surface area (Å²) in [6.45, 7) is 12.2. The van der Waals surface area contributed by atoms with Gasteiger partial charge in [0, 0.05) is 8.95 Å². The molecule has 7 nitrogen and oxygen atoms in total. The number of rotatable bonds is 8. The average molecular weight is 769 g/mol. The molecule has 46 heavy (non-hydrogen) atoms. The molecule has 0 saturated heterocycles. The maximum Gasteiger partial charge on any atom is 1.00 e. The Balaban J connectivity index is 0.000000240. The van der Waals surface area contributed by atoms with Crippen molar-refractivity contribution in [2.45, 2.75) is 104 Å². The Morgan fingerprint density at radius 3 is 1.13 bits per heavy atom. The van der Waals surface area contributed by atoms with E-state index in [0.717, 1.165) is 93.7 Å². The molecule has 244 valence electrons. The van der Waals surface area contributed by atoms with Crippen LogP contribution in [-0.2, 0) is 35.3 Å². The molecular weight excluding hydrogens is 723 g/mol. The van der Waals surface area contributed by atoms with Crippen molar-refractivity contribution in [2.75, 3.05) is 0 Å². The van der Waals surface area contributed by atoms with E-state index < -0.39 is 11.1 Å². The molecule has 2 unspecified atom stereocenters. The smallest absolute Gasteiger partial charge is 0.870 e. The van der Waals surface area contributed by atoms with Gasteiger partial charge in [0.1, 0.15) is 11.5 Å². The Kier molecular flexibility index (Phi) is 12.6. The molecule has 2 aromatic carbocycles. The van der Waals surface area contributed by atoms with E-state index in [-0.39, 0.29) is 58.4 Å². The standard InChI is InChI=1S/2C18H22BrNO2.Na.H2O/c2*1-4-10-8-13(19)9-11(5-2)14(10)15-16(21)18(3,12-6-7-12)20-17(15)22;;/h2*8-9,12,21H,4-7H2,1-3H3,(H,20,22);;1H2/q;;+1;/p-1. The molecule has 6 rings (SSSR count). The molecule has 2 heterocycles. The fraction of sp³-hybridized carbons (Fsp3) is 0.500. The molecule has 10 heteroatoms. The van der Waals surface area contributed by atoms with Gasteiger partial charge in [-0.25, -0.2) is 0 Å². The van der Waals surface area contributed by atoms with Gasteiger partial charge in [-0.3, -0.25) is 9.59 Å². The summed E-state index contributed by atoms with van der Waals surface area (Å²) in [5.74, 6) is 0.898. The van der Waals surface area contributed by atoms with Gasteiger partial charge in [-0.2, -0.15) is 0 Å². The van der Waals surface area contributed by atoms with E-state index >= 15 is 0 Å². The van der Waals surface area contributed by atoms with Crippen LogP contribution in [0.25, 0.3) is 11.1 Å². The van der Waals surface area contributed by atoms with Gasteiger partial charge in [0.2, 0.25) is 0 Å². The summed E-state index contributed by atoms with van der Waals surface area (Å²) in [6.07, 6.45) is 7.56. The zero-order valence-electron chi connectivity index (χ0n) is 28.0. The van der Waals surface area contributed by atoms with Gasteiger partial charge in [-0.15, -0.1) is 0 Å². The summed E-state index contributed by atoms with van der Waals surface area (Å²) < 4.78 is 2.04. The molecule has 2 amide bonds. The van der Waals surface area contributed by atoms with Crippen LogP contribution >= 0.6 is 31.9 Å². The number of hydrogen-bond donors (Lipinski definition) is 4. The minimum atomic E-state index is -0.588. The number of carbonyl (C=O) groups excluding carboxylic acids is 2. The largest absolute Gasteiger partial charge is 1.00 e. The first kappa shape index (κ1) is 38.8. The fourth-order valence-electron chi connectivity index (χ4n) is 7.03. The monoisotopic (exact) mass is 766 g/mol. The molecule has 0 bridgehead atoms. The molecule has 5 N–H and O–H groups in total. The number of aliphatic hydroxyl groups excluding tert-OH is 2. The summed E-state index contributed by atoms with van der Waals surface area (Å²) in [7, 11) is 0. The van der Waals surface area contributed by atoms with Gasteiger partial charge in [0.15, 0.2) is 0 Å². The summed E-state index contributed by atoms with van der Waals surface area (Å²) >= 11 is 7.09. The second-order valence-electron chi connectivity index (χ2n) is 12.9. The van der Waals surface area contributed by atoms with E-state index in [9.17, 15) is 19.8 Å². The second kappa shape index (κ2) is 14.9. The van der Waals surface area contributed by atoms with Crippen LogP contribution in [0, 0.1) is 11.8 Å². The van der Waals surface area contributed by atoms with Crippen molar-refractivity contribution in [1.29, 1.82) is 0 Å². The first-order valence-corrected chi connectivity index (χ1v) is 17.6. The number of aryl methyl sites for hydroxylation is 4. The Hall–Kier alpha value is -1.62. The van der Waals surface area contributed by atoms with Crippen molar-refractivity contribution >= 4 is 54.8 Å². The average Bonchev–Trinajstić information content (AvgIpc) is 3.91. The number of benzene rings is 2. The van der Waals surface area contributed by atoms with Crippen molar-refractivity contribution in [1.82, 2.24) is 10.6 Å². The van der Waals surface area contributed by atoms with Crippen LogP contribution in [0.2, 0.25) is 0 Å². The maximum absolute atomic E-state index is 12.6. The van der Waals surface area contributed by atoms with Crippen LogP contribution in [0.1, 0.15) is 101 Å².